The smallest absolute Gasteiger partial charge is 0.550 e. The van der Waals surface area contributed by atoms with E-state index in [1.807, 2.05) is 0 Å². The molecule has 4 heteroatoms. The molecule has 3 fully saturated rings. The molecule has 184 valence electrons. The molecule has 1 unspecified atom stereocenters. The van der Waals surface area contributed by atoms with Crippen LogP contribution < -0.4 is 24.0 Å². The number of allylic oxidation sites excluding steroid dienone is 1. The number of hydrogen-bond acceptors (Lipinski definition) is 3. The molecule has 0 aromatic rings. The summed E-state index contributed by atoms with van der Waals surface area (Å²) >= 11 is 0. The second kappa shape index (κ2) is 11.7. The zero-order valence-corrected chi connectivity index (χ0v) is 22.7. The fourth-order valence-electron chi connectivity index (χ4n) is 8.67. The van der Waals surface area contributed by atoms with Gasteiger partial charge in [-0.3, -0.25) is 0 Å². The Labute approximate surface area is 215 Å². The van der Waals surface area contributed by atoms with Gasteiger partial charge >= 0.3 is 18.9 Å². The summed E-state index contributed by atoms with van der Waals surface area (Å²) in [6.45, 7) is 13.5. The number of carbonyl (C=O) groups excluding carboxylic acids is 1. The molecule has 33 heavy (non-hydrogen) atoms. The monoisotopic (exact) mass is 452 g/mol. The zero-order chi connectivity index (χ0) is 23.7. The van der Waals surface area contributed by atoms with E-state index in [2.05, 4.69) is 40.7 Å². The number of rotatable bonds is 5. The molecule has 4 aliphatic carbocycles. The number of fused-ring (bicyclic) bond motifs is 5. The molecular formula is C29H49LiO3. The summed E-state index contributed by atoms with van der Waals surface area (Å²) in [6, 6.07) is 0. The molecule has 0 heterocycles. The summed E-state index contributed by atoms with van der Waals surface area (Å²) in [6.07, 6.45) is 17.2. The first-order valence-corrected chi connectivity index (χ1v) is 13.5. The van der Waals surface area contributed by atoms with Crippen LogP contribution in [-0.4, -0.2) is 17.2 Å². The van der Waals surface area contributed by atoms with Crippen LogP contribution in [0.15, 0.2) is 11.6 Å². The average molecular weight is 453 g/mol. The van der Waals surface area contributed by atoms with Gasteiger partial charge in [-0.25, -0.2) is 0 Å². The molecule has 8 atom stereocenters. The maximum Gasteiger partial charge on any atom is 1.00 e. The number of aliphatic hydroxyl groups is 1. The molecule has 0 aliphatic heterocycles. The predicted octanol–water partition coefficient (Wildman–Crippen LogP) is 3.15. The van der Waals surface area contributed by atoms with Crippen LogP contribution in [0, 0.1) is 46.3 Å². The van der Waals surface area contributed by atoms with E-state index in [0.29, 0.717) is 10.8 Å². The number of carbonyl (C=O) groups is 1. The third kappa shape index (κ3) is 6.13. The van der Waals surface area contributed by atoms with E-state index in [4.69, 9.17) is 9.90 Å². The van der Waals surface area contributed by atoms with Crippen LogP contribution in [0.1, 0.15) is 112 Å². The van der Waals surface area contributed by atoms with E-state index in [0.717, 1.165) is 55.3 Å². The minimum Gasteiger partial charge on any atom is -0.550 e. The summed E-state index contributed by atoms with van der Waals surface area (Å²) in [5.74, 6) is 4.37. The van der Waals surface area contributed by atoms with E-state index in [1.165, 1.54) is 57.8 Å². The SMILES string of the molecule is CC(=O)[O-].CC(C)CCCC(C)[C@H]1CC[C@H]2[C@@H]3CC=C4C[C@@H](O)CC[C@]4(C)[C@H]3CC[C@]12C.[Li+]. The second-order valence-electron chi connectivity index (χ2n) is 12.7. The quantitative estimate of drug-likeness (QED) is 0.515. The second-order valence-corrected chi connectivity index (χ2v) is 12.7. The van der Waals surface area contributed by atoms with Gasteiger partial charge in [0, 0.05) is 5.97 Å². The van der Waals surface area contributed by atoms with Crippen molar-refractivity contribution in [1.29, 1.82) is 0 Å². The van der Waals surface area contributed by atoms with Gasteiger partial charge in [0.05, 0.1) is 6.10 Å². The van der Waals surface area contributed by atoms with Crippen LogP contribution in [0.3, 0.4) is 0 Å². The normalized spacial score (nSPS) is 40.2. The van der Waals surface area contributed by atoms with Crippen molar-refractivity contribution in [2.75, 3.05) is 0 Å². The molecule has 3 saturated carbocycles. The summed E-state index contributed by atoms with van der Waals surface area (Å²) in [4.78, 5) is 8.89. The molecule has 4 aliphatic rings. The molecule has 0 radical (unpaired) electrons. The third-order valence-corrected chi connectivity index (χ3v) is 10.3. The Morgan fingerprint density at radius 1 is 1.09 bits per heavy atom. The first-order chi connectivity index (χ1) is 15.0. The molecule has 0 amide bonds. The minimum absolute atomic E-state index is 0. The van der Waals surface area contributed by atoms with Crippen molar-refractivity contribution in [1.82, 2.24) is 0 Å². The Bertz CT molecular complexity index is 684. The fraction of sp³-hybridized carbons (Fsp3) is 0.897. The molecule has 0 aromatic carbocycles. The zero-order valence-electron chi connectivity index (χ0n) is 22.7. The van der Waals surface area contributed by atoms with E-state index in [-0.39, 0.29) is 25.0 Å². The fourth-order valence-corrected chi connectivity index (χ4v) is 8.67. The maximum atomic E-state index is 10.2. The topological polar surface area (TPSA) is 60.4 Å². The number of aliphatic hydroxyl groups excluding tert-OH is 1. The standard InChI is InChI=1S/C27H46O.C2H4O2.Li/c1-18(2)7-6-8-19(3)23-11-12-24-22-10-9-20-17-21(28)13-15-26(20,4)25(22)14-16-27(23,24)5;1-2(3)4;/h9,18-19,21-25,28H,6-8,10-17H2,1-5H3;1H3,(H,3,4);/q;;+1/p-1/t19?,21-,22-,23+,24-,25-,26-,27+;;/m0../s1. The van der Waals surface area contributed by atoms with Crippen LogP contribution in [-0.2, 0) is 4.79 Å². The van der Waals surface area contributed by atoms with E-state index in [1.54, 1.807) is 5.57 Å². The summed E-state index contributed by atoms with van der Waals surface area (Å²) < 4.78 is 0. The van der Waals surface area contributed by atoms with Gasteiger partial charge in [-0.1, -0.05) is 65.5 Å². The van der Waals surface area contributed by atoms with Gasteiger partial charge in [-0.15, -0.1) is 0 Å². The van der Waals surface area contributed by atoms with Crippen molar-refractivity contribution < 1.29 is 33.9 Å². The molecule has 1 N–H and O–H groups in total. The molecule has 4 rings (SSSR count). The van der Waals surface area contributed by atoms with Crippen LogP contribution >= 0.6 is 0 Å². The van der Waals surface area contributed by atoms with Gasteiger partial charge in [-0.2, -0.15) is 0 Å². The van der Waals surface area contributed by atoms with Crippen molar-refractivity contribution in [2.24, 2.45) is 46.3 Å². The van der Waals surface area contributed by atoms with Gasteiger partial charge in [0.15, 0.2) is 0 Å². The van der Waals surface area contributed by atoms with Crippen LogP contribution in [0.4, 0.5) is 0 Å². The van der Waals surface area contributed by atoms with Gasteiger partial charge in [-0.05, 0) is 105 Å². The van der Waals surface area contributed by atoms with E-state index in [9.17, 15) is 5.11 Å². The van der Waals surface area contributed by atoms with Crippen molar-refractivity contribution in [3.05, 3.63) is 11.6 Å². The molecule has 0 aromatic heterocycles. The van der Waals surface area contributed by atoms with Crippen LogP contribution in [0.5, 0.6) is 0 Å². The molecule has 3 nitrogen and oxygen atoms in total. The van der Waals surface area contributed by atoms with Gasteiger partial charge in [0.1, 0.15) is 0 Å². The Kier molecular flexibility index (Phi) is 10.3. The maximum absolute atomic E-state index is 10.2. The van der Waals surface area contributed by atoms with Crippen LogP contribution in [0.2, 0.25) is 0 Å². The Hall–Kier alpha value is -0.233. The largest absolute Gasteiger partial charge is 1.00 e. The number of hydrogen-bond donors (Lipinski definition) is 1. The van der Waals surface area contributed by atoms with Crippen molar-refractivity contribution >= 4 is 5.97 Å². The Balaban J connectivity index is 0.000000714. The molecule has 0 spiro atoms. The van der Waals surface area contributed by atoms with E-state index < -0.39 is 5.97 Å². The number of aliphatic carboxylic acids is 1. The number of carboxylic acids is 1. The molecular weight excluding hydrogens is 403 g/mol. The van der Waals surface area contributed by atoms with Gasteiger partial charge in [0.25, 0.3) is 0 Å². The predicted molar refractivity (Wildman–Crippen MR) is 130 cm³/mol. The first-order valence-electron chi connectivity index (χ1n) is 13.5. The third-order valence-electron chi connectivity index (χ3n) is 10.3. The van der Waals surface area contributed by atoms with Crippen molar-refractivity contribution in [3.8, 4) is 0 Å². The van der Waals surface area contributed by atoms with Gasteiger partial charge < -0.3 is 15.0 Å². The van der Waals surface area contributed by atoms with Gasteiger partial charge in [0.2, 0.25) is 0 Å². The summed E-state index contributed by atoms with van der Waals surface area (Å²) in [7, 11) is 0. The van der Waals surface area contributed by atoms with Crippen molar-refractivity contribution in [3.63, 3.8) is 0 Å². The molecule has 0 saturated heterocycles. The summed E-state index contributed by atoms with van der Waals surface area (Å²) in [5.41, 5.74) is 2.60. The summed E-state index contributed by atoms with van der Waals surface area (Å²) in [5, 5.41) is 19.1. The first kappa shape index (κ1) is 29.0. The van der Waals surface area contributed by atoms with Crippen molar-refractivity contribution in [2.45, 2.75) is 118 Å². The minimum atomic E-state index is -1.08. The average Bonchev–Trinajstić information content (AvgIpc) is 3.05. The van der Waals surface area contributed by atoms with E-state index >= 15 is 0 Å². The number of carboxylic acid groups (broad SMARTS) is 1. The van der Waals surface area contributed by atoms with Crippen LogP contribution in [0.25, 0.3) is 0 Å². The Morgan fingerprint density at radius 2 is 1.76 bits per heavy atom. The molecule has 0 bridgehead atoms. The Morgan fingerprint density at radius 3 is 2.39 bits per heavy atom.